The quantitative estimate of drug-likeness (QED) is 0.510. The fourth-order valence-corrected chi connectivity index (χ4v) is 7.48. The van der Waals surface area contributed by atoms with Gasteiger partial charge in [0.2, 0.25) is 10.0 Å². The minimum absolute atomic E-state index is 0.106. The van der Waals surface area contributed by atoms with E-state index in [0.717, 1.165) is 28.8 Å². The van der Waals surface area contributed by atoms with Gasteiger partial charge in [-0.2, -0.15) is 9.40 Å². The molecule has 3 heterocycles. The van der Waals surface area contributed by atoms with E-state index in [-0.39, 0.29) is 37.0 Å². The number of rotatable bonds is 5. The van der Waals surface area contributed by atoms with Crippen molar-refractivity contribution in [2.75, 3.05) is 31.5 Å². The van der Waals surface area contributed by atoms with Crippen molar-refractivity contribution in [3.8, 4) is 0 Å². The molecule has 2 fully saturated rings. The van der Waals surface area contributed by atoms with Gasteiger partial charge >= 0.3 is 6.09 Å². The van der Waals surface area contributed by atoms with Crippen LogP contribution in [-0.2, 0) is 10.0 Å². The van der Waals surface area contributed by atoms with E-state index in [2.05, 4.69) is 10.00 Å². The van der Waals surface area contributed by atoms with Crippen LogP contribution in [0.5, 0.6) is 0 Å². The number of benzene rings is 1. The highest BCUT2D eigenvalue weighted by Gasteiger charge is 2.30. The van der Waals surface area contributed by atoms with Gasteiger partial charge in [0.15, 0.2) is 0 Å². The maximum atomic E-state index is 13.0. The number of fused-ring (bicyclic) bond motifs is 1. The van der Waals surface area contributed by atoms with Gasteiger partial charge in [-0.1, -0.05) is 19.3 Å². The molecule has 5 rings (SSSR count). The number of aryl methyl sites for hydroxylation is 1. The normalized spacial score (nSPS) is 18.0. The molecule has 0 radical (unpaired) electrons. The van der Waals surface area contributed by atoms with E-state index in [1.807, 2.05) is 13.0 Å². The molecule has 192 valence electrons. The standard InChI is InChI=1S/C24H29N5O5S2/c1-16-20-15-21(35-23(20)29(26-16)18-5-3-2-4-6-18)22(30)25-17-7-9-19(10-8-17)36(33,34)28-13-11-27(12-14-28)24(31)32/h7-10,15,18H,2-6,11-14H2,1H3,(H,25,30)(H,31,32). The van der Waals surface area contributed by atoms with E-state index in [4.69, 9.17) is 10.2 Å². The number of hydrogen-bond acceptors (Lipinski definition) is 6. The molecule has 36 heavy (non-hydrogen) atoms. The summed E-state index contributed by atoms with van der Waals surface area (Å²) in [6, 6.07) is 8.33. The fourth-order valence-electron chi connectivity index (χ4n) is 4.93. The summed E-state index contributed by atoms with van der Waals surface area (Å²) in [4.78, 5) is 27.0. The Morgan fingerprint density at radius 3 is 2.36 bits per heavy atom. The number of anilines is 1. The van der Waals surface area contributed by atoms with Gasteiger partial charge in [0.25, 0.3) is 5.91 Å². The third-order valence-corrected chi connectivity index (χ3v) is 10.0. The number of nitrogens with one attached hydrogen (secondary N) is 1. The van der Waals surface area contributed by atoms with Crippen molar-refractivity contribution in [1.82, 2.24) is 19.0 Å². The lowest BCUT2D eigenvalue weighted by Gasteiger charge is -2.32. The van der Waals surface area contributed by atoms with Crippen LogP contribution < -0.4 is 5.32 Å². The lowest BCUT2D eigenvalue weighted by molar-refractivity contribution is 0.103. The third kappa shape index (κ3) is 4.72. The predicted octanol–water partition coefficient (Wildman–Crippen LogP) is 4.15. The molecule has 1 saturated heterocycles. The van der Waals surface area contributed by atoms with Crippen LogP contribution in [0, 0.1) is 6.92 Å². The van der Waals surface area contributed by atoms with Crippen LogP contribution in [0.4, 0.5) is 10.5 Å². The highest BCUT2D eigenvalue weighted by atomic mass is 32.2. The zero-order valence-electron chi connectivity index (χ0n) is 20.0. The van der Waals surface area contributed by atoms with Crippen LogP contribution in [0.15, 0.2) is 35.2 Å². The van der Waals surface area contributed by atoms with Crippen LogP contribution in [0.3, 0.4) is 0 Å². The average molecular weight is 532 g/mol. The van der Waals surface area contributed by atoms with E-state index in [0.29, 0.717) is 16.6 Å². The highest BCUT2D eigenvalue weighted by molar-refractivity contribution is 7.89. The van der Waals surface area contributed by atoms with Gasteiger partial charge in [-0.25, -0.2) is 13.2 Å². The molecular weight excluding hydrogens is 502 g/mol. The monoisotopic (exact) mass is 531 g/mol. The van der Waals surface area contributed by atoms with Crippen LogP contribution in [0.2, 0.25) is 0 Å². The van der Waals surface area contributed by atoms with Gasteiger partial charge in [-0.05, 0) is 50.1 Å². The first kappa shape index (κ1) is 24.7. The first-order valence-electron chi connectivity index (χ1n) is 12.1. The zero-order valence-corrected chi connectivity index (χ0v) is 21.6. The number of sulfonamides is 1. The molecule has 0 unspecified atom stereocenters. The van der Waals surface area contributed by atoms with Crippen molar-refractivity contribution in [3.05, 3.63) is 40.9 Å². The van der Waals surface area contributed by atoms with Gasteiger partial charge in [0, 0.05) is 37.3 Å². The van der Waals surface area contributed by atoms with E-state index in [9.17, 15) is 18.0 Å². The first-order valence-corrected chi connectivity index (χ1v) is 14.4. The van der Waals surface area contributed by atoms with Gasteiger partial charge in [0.1, 0.15) is 4.83 Å². The van der Waals surface area contributed by atoms with E-state index < -0.39 is 16.1 Å². The topological polar surface area (TPSA) is 125 Å². The molecule has 0 bridgehead atoms. The molecule has 2 N–H and O–H groups in total. The van der Waals surface area contributed by atoms with Gasteiger partial charge in [0.05, 0.1) is 21.5 Å². The second-order valence-corrected chi connectivity index (χ2v) is 12.3. The van der Waals surface area contributed by atoms with Crippen LogP contribution in [-0.4, -0.2) is 70.7 Å². The summed E-state index contributed by atoms with van der Waals surface area (Å²) in [6.07, 6.45) is 4.84. The number of piperazine rings is 1. The minimum atomic E-state index is -3.75. The number of carboxylic acid groups (broad SMARTS) is 1. The Bertz CT molecular complexity index is 1380. The summed E-state index contributed by atoms with van der Waals surface area (Å²) < 4.78 is 29.3. The maximum Gasteiger partial charge on any atom is 0.407 e. The Morgan fingerprint density at radius 2 is 1.72 bits per heavy atom. The van der Waals surface area contributed by atoms with Gasteiger partial charge in [-0.3, -0.25) is 9.48 Å². The van der Waals surface area contributed by atoms with Crippen LogP contribution >= 0.6 is 11.3 Å². The lowest BCUT2D eigenvalue weighted by atomic mass is 9.96. The zero-order chi connectivity index (χ0) is 25.4. The Kier molecular flexibility index (Phi) is 6.75. The highest BCUT2D eigenvalue weighted by Crippen LogP contribution is 2.35. The molecule has 10 nitrogen and oxygen atoms in total. The van der Waals surface area contributed by atoms with Gasteiger partial charge in [-0.15, -0.1) is 11.3 Å². The Labute approximate surface area is 213 Å². The number of thiophene rings is 1. The first-order chi connectivity index (χ1) is 17.2. The SMILES string of the molecule is Cc1nn(C2CCCCC2)c2sc(C(=O)Nc3ccc(S(=O)(=O)N4CCN(C(=O)O)CC4)cc3)cc12. The molecule has 2 aliphatic rings. The van der Waals surface area contributed by atoms with Crippen molar-refractivity contribution >= 4 is 49.3 Å². The smallest absolute Gasteiger partial charge is 0.407 e. The number of nitrogens with zero attached hydrogens (tertiary/aromatic N) is 4. The number of amides is 2. The summed E-state index contributed by atoms with van der Waals surface area (Å²) in [7, 11) is -3.75. The fraction of sp³-hybridized carbons (Fsp3) is 0.458. The summed E-state index contributed by atoms with van der Waals surface area (Å²) in [6.45, 7) is 2.45. The average Bonchev–Trinajstić information content (AvgIpc) is 3.45. The summed E-state index contributed by atoms with van der Waals surface area (Å²) in [5.41, 5.74) is 1.42. The molecule has 0 atom stereocenters. The number of hydrogen-bond donors (Lipinski definition) is 2. The summed E-state index contributed by atoms with van der Waals surface area (Å²) in [5.74, 6) is -0.244. The molecule has 2 aromatic heterocycles. The van der Waals surface area contributed by atoms with E-state index >= 15 is 0 Å². The molecule has 3 aromatic rings. The van der Waals surface area contributed by atoms with Crippen LogP contribution in [0.1, 0.15) is 53.5 Å². The summed E-state index contributed by atoms with van der Waals surface area (Å²) >= 11 is 1.43. The molecular formula is C24H29N5O5S2. The minimum Gasteiger partial charge on any atom is -0.465 e. The van der Waals surface area contributed by atoms with Crippen molar-refractivity contribution < 1.29 is 23.1 Å². The van der Waals surface area contributed by atoms with E-state index in [1.54, 1.807) is 12.1 Å². The van der Waals surface area contributed by atoms with Gasteiger partial charge < -0.3 is 15.3 Å². The Balaban J connectivity index is 1.28. The van der Waals surface area contributed by atoms with Crippen LogP contribution in [0.25, 0.3) is 10.2 Å². The lowest BCUT2D eigenvalue weighted by Crippen LogP contribution is -2.50. The molecule has 1 aliphatic carbocycles. The van der Waals surface area contributed by atoms with Crippen molar-refractivity contribution in [2.24, 2.45) is 0 Å². The summed E-state index contributed by atoms with van der Waals surface area (Å²) in [5, 5.41) is 17.7. The van der Waals surface area contributed by atoms with Crippen molar-refractivity contribution in [1.29, 1.82) is 0 Å². The second kappa shape index (κ2) is 9.83. The predicted molar refractivity (Wildman–Crippen MR) is 137 cm³/mol. The molecule has 1 saturated carbocycles. The maximum absolute atomic E-state index is 13.0. The van der Waals surface area contributed by atoms with Crippen molar-refractivity contribution in [2.45, 2.75) is 50.0 Å². The number of carbonyl (C=O) groups is 2. The third-order valence-electron chi connectivity index (χ3n) is 6.97. The van der Waals surface area contributed by atoms with E-state index in [1.165, 1.54) is 51.9 Å². The Morgan fingerprint density at radius 1 is 1.06 bits per heavy atom. The number of carbonyl (C=O) groups excluding carboxylic acids is 1. The molecule has 1 aliphatic heterocycles. The molecule has 2 amide bonds. The molecule has 0 spiro atoms. The molecule has 1 aromatic carbocycles. The second-order valence-electron chi connectivity index (χ2n) is 9.30. The Hall–Kier alpha value is -2.96. The van der Waals surface area contributed by atoms with Crippen molar-refractivity contribution in [3.63, 3.8) is 0 Å². The largest absolute Gasteiger partial charge is 0.465 e. The molecule has 12 heteroatoms. The number of aromatic nitrogens is 2.